The zero-order chi connectivity index (χ0) is 14.4. The Morgan fingerprint density at radius 2 is 2.05 bits per heavy atom. The predicted molar refractivity (Wildman–Crippen MR) is 76.2 cm³/mol. The Morgan fingerprint density at radius 3 is 2.65 bits per heavy atom. The van der Waals surface area contributed by atoms with Gasteiger partial charge in [0.05, 0.1) is 6.61 Å². The van der Waals surface area contributed by atoms with Crippen LogP contribution in [0.25, 0.3) is 0 Å². The van der Waals surface area contributed by atoms with E-state index in [1.54, 1.807) is 4.90 Å². The summed E-state index contributed by atoms with van der Waals surface area (Å²) in [6.45, 7) is 3.53. The van der Waals surface area contributed by atoms with E-state index >= 15 is 0 Å². The van der Waals surface area contributed by atoms with Crippen LogP contribution in [-0.2, 0) is 9.53 Å². The van der Waals surface area contributed by atoms with Gasteiger partial charge >= 0.3 is 6.09 Å². The molecule has 0 unspecified atom stereocenters. The zero-order valence-corrected chi connectivity index (χ0v) is 12.1. The minimum Gasteiger partial charge on any atom is -0.450 e. The lowest BCUT2D eigenvalue weighted by molar-refractivity contribution is -0.122. The fourth-order valence-electron chi connectivity index (χ4n) is 2.81. The summed E-state index contributed by atoms with van der Waals surface area (Å²) in [6, 6.07) is 0.193. The highest BCUT2D eigenvalue weighted by Crippen LogP contribution is 2.20. The molecule has 0 spiro atoms. The number of nitrogens with one attached hydrogen (secondary N) is 1. The number of piperidine rings is 1. The fourth-order valence-corrected chi connectivity index (χ4v) is 2.81. The molecule has 2 amide bonds. The van der Waals surface area contributed by atoms with Crippen LogP contribution in [0.4, 0.5) is 4.79 Å². The highest BCUT2D eigenvalue weighted by Gasteiger charge is 2.25. The van der Waals surface area contributed by atoms with E-state index in [0.29, 0.717) is 32.0 Å². The van der Waals surface area contributed by atoms with Crippen molar-refractivity contribution in [1.29, 1.82) is 0 Å². The molecule has 1 aliphatic carbocycles. The van der Waals surface area contributed by atoms with E-state index in [9.17, 15) is 9.59 Å². The van der Waals surface area contributed by atoms with Gasteiger partial charge in [-0.05, 0) is 38.5 Å². The first-order chi connectivity index (χ1) is 9.69. The maximum Gasteiger partial charge on any atom is 0.409 e. The van der Waals surface area contributed by atoms with E-state index in [4.69, 9.17) is 4.74 Å². The number of rotatable bonds is 4. The molecule has 0 bridgehead atoms. The second-order valence-corrected chi connectivity index (χ2v) is 5.50. The molecule has 1 atom stereocenters. The Balaban J connectivity index is 1.67. The summed E-state index contributed by atoms with van der Waals surface area (Å²) < 4.78 is 4.98. The van der Waals surface area contributed by atoms with Crippen molar-refractivity contribution >= 4 is 12.0 Å². The smallest absolute Gasteiger partial charge is 0.409 e. The lowest BCUT2D eigenvalue weighted by Gasteiger charge is -2.31. The van der Waals surface area contributed by atoms with Crippen LogP contribution in [0.2, 0.25) is 0 Å². The molecular weight excluding hydrogens is 256 g/mol. The number of nitrogens with zero attached hydrogens (tertiary/aromatic N) is 1. The molecule has 0 aromatic carbocycles. The molecular formula is C15H24N2O3. The fraction of sp³-hybridized carbons (Fsp3) is 0.733. The first-order valence-electron chi connectivity index (χ1n) is 7.56. The molecule has 112 valence electrons. The van der Waals surface area contributed by atoms with Crippen molar-refractivity contribution in [2.24, 2.45) is 5.92 Å². The third kappa shape index (κ3) is 4.25. The molecule has 0 aromatic rings. The molecule has 5 nitrogen and oxygen atoms in total. The minimum absolute atomic E-state index is 0.135. The molecule has 1 N–H and O–H groups in total. The van der Waals surface area contributed by atoms with Crippen molar-refractivity contribution in [2.45, 2.75) is 45.1 Å². The minimum atomic E-state index is -0.242. The van der Waals surface area contributed by atoms with Crippen LogP contribution < -0.4 is 5.32 Å². The van der Waals surface area contributed by atoms with Gasteiger partial charge in [-0.25, -0.2) is 4.79 Å². The van der Waals surface area contributed by atoms with Crippen molar-refractivity contribution in [3.8, 4) is 0 Å². The summed E-state index contributed by atoms with van der Waals surface area (Å²) in [5, 5.41) is 3.09. The molecule has 0 aromatic heterocycles. The third-order valence-corrected chi connectivity index (χ3v) is 3.95. The molecule has 5 heteroatoms. The summed E-state index contributed by atoms with van der Waals surface area (Å²) in [5.74, 6) is 0.547. The first kappa shape index (κ1) is 14.9. The quantitative estimate of drug-likeness (QED) is 0.802. The lowest BCUT2D eigenvalue weighted by atomic mass is 10.0. The van der Waals surface area contributed by atoms with E-state index in [1.807, 2.05) is 6.92 Å². The lowest BCUT2D eigenvalue weighted by Crippen LogP contribution is -2.46. The molecule has 1 heterocycles. The Hall–Kier alpha value is -1.52. The van der Waals surface area contributed by atoms with Gasteiger partial charge in [0.2, 0.25) is 5.91 Å². The van der Waals surface area contributed by atoms with E-state index in [0.717, 1.165) is 25.7 Å². The zero-order valence-electron chi connectivity index (χ0n) is 12.1. The van der Waals surface area contributed by atoms with Gasteiger partial charge in [0.1, 0.15) is 0 Å². The largest absolute Gasteiger partial charge is 0.450 e. The van der Waals surface area contributed by atoms with E-state index in [-0.39, 0.29) is 18.0 Å². The Bertz CT molecular complexity index is 373. The van der Waals surface area contributed by atoms with Gasteiger partial charge in [-0.3, -0.25) is 4.79 Å². The summed E-state index contributed by atoms with van der Waals surface area (Å²) >= 11 is 0. The topological polar surface area (TPSA) is 58.6 Å². The number of likely N-dealkylation sites (tertiary alicyclic amines) is 1. The van der Waals surface area contributed by atoms with Crippen LogP contribution in [0.5, 0.6) is 0 Å². The number of carbonyl (C=O) groups is 2. The summed E-state index contributed by atoms with van der Waals surface area (Å²) in [6.07, 6.45) is 8.45. The molecule has 2 aliphatic rings. The van der Waals surface area contributed by atoms with Gasteiger partial charge in [0, 0.05) is 25.6 Å². The van der Waals surface area contributed by atoms with Crippen LogP contribution in [0, 0.1) is 5.92 Å². The average Bonchev–Trinajstić information content (AvgIpc) is 2.92. The second-order valence-electron chi connectivity index (χ2n) is 5.50. The van der Waals surface area contributed by atoms with Crippen molar-refractivity contribution in [3.63, 3.8) is 0 Å². The molecule has 0 saturated carbocycles. The molecule has 2 rings (SSSR count). The van der Waals surface area contributed by atoms with Crippen LogP contribution in [0.15, 0.2) is 12.2 Å². The molecule has 1 saturated heterocycles. The molecule has 0 radical (unpaired) electrons. The average molecular weight is 280 g/mol. The van der Waals surface area contributed by atoms with Gasteiger partial charge in [-0.15, -0.1) is 0 Å². The van der Waals surface area contributed by atoms with Crippen molar-refractivity contribution in [1.82, 2.24) is 10.2 Å². The van der Waals surface area contributed by atoms with Gasteiger partial charge < -0.3 is 15.0 Å². The normalized spacial score (nSPS) is 22.9. The van der Waals surface area contributed by atoms with E-state index in [1.165, 1.54) is 0 Å². The van der Waals surface area contributed by atoms with Crippen molar-refractivity contribution in [2.75, 3.05) is 19.7 Å². The van der Waals surface area contributed by atoms with Crippen LogP contribution in [0.3, 0.4) is 0 Å². The summed E-state index contributed by atoms with van der Waals surface area (Å²) in [5.41, 5.74) is 0. The Kier molecular flexibility index (Phi) is 5.44. The number of allylic oxidation sites excluding steroid dienone is 2. The van der Waals surface area contributed by atoms with Crippen LogP contribution in [0.1, 0.15) is 39.0 Å². The van der Waals surface area contributed by atoms with E-state index < -0.39 is 0 Å². The summed E-state index contributed by atoms with van der Waals surface area (Å²) in [7, 11) is 0. The van der Waals surface area contributed by atoms with Crippen LogP contribution >= 0.6 is 0 Å². The standard InChI is InChI=1S/C15H24N2O3/c1-2-20-15(19)17-9-7-13(8-10-17)16-14(18)11-12-5-3-4-6-12/h3,5,12-13H,2,4,6-11H2,1H3,(H,16,18)/t12-/m0/s1. The monoisotopic (exact) mass is 280 g/mol. The third-order valence-electron chi connectivity index (χ3n) is 3.95. The molecule has 1 fully saturated rings. The van der Waals surface area contributed by atoms with Crippen LogP contribution in [-0.4, -0.2) is 42.6 Å². The van der Waals surface area contributed by atoms with Gasteiger partial charge in [-0.2, -0.15) is 0 Å². The first-order valence-corrected chi connectivity index (χ1v) is 7.56. The molecule has 1 aliphatic heterocycles. The number of hydrogen-bond donors (Lipinski definition) is 1. The highest BCUT2D eigenvalue weighted by atomic mass is 16.6. The molecule has 20 heavy (non-hydrogen) atoms. The Labute approximate surface area is 120 Å². The number of carbonyl (C=O) groups excluding carboxylic acids is 2. The summed E-state index contributed by atoms with van der Waals surface area (Å²) in [4.78, 5) is 25.2. The SMILES string of the molecule is CCOC(=O)N1CCC(NC(=O)C[C@H]2C=CCC2)CC1. The Morgan fingerprint density at radius 1 is 1.30 bits per heavy atom. The number of ether oxygens (including phenoxy) is 1. The number of amides is 2. The highest BCUT2D eigenvalue weighted by molar-refractivity contribution is 5.76. The second kappa shape index (κ2) is 7.31. The van der Waals surface area contributed by atoms with Gasteiger partial charge in [-0.1, -0.05) is 12.2 Å². The van der Waals surface area contributed by atoms with Gasteiger partial charge in [0.15, 0.2) is 0 Å². The maximum absolute atomic E-state index is 11.9. The number of hydrogen-bond acceptors (Lipinski definition) is 3. The van der Waals surface area contributed by atoms with Crippen molar-refractivity contribution in [3.05, 3.63) is 12.2 Å². The van der Waals surface area contributed by atoms with Gasteiger partial charge in [0.25, 0.3) is 0 Å². The predicted octanol–water partition coefficient (Wildman–Crippen LogP) is 2.08. The van der Waals surface area contributed by atoms with Crippen molar-refractivity contribution < 1.29 is 14.3 Å². The van der Waals surface area contributed by atoms with E-state index in [2.05, 4.69) is 17.5 Å². The maximum atomic E-state index is 11.9.